The van der Waals surface area contributed by atoms with Crippen LogP contribution in [0.25, 0.3) is 22.3 Å². The zero-order chi connectivity index (χ0) is 31.4. The summed E-state index contributed by atoms with van der Waals surface area (Å²) in [4.78, 5) is 0. The number of hydrogen-bond acceptors (Lipinski definition) is 2. The second kappa shape index (κ2) is 9.27. The summed E-state index contributed by atoms with van der Waals surface area (Å²) in [6.45, 7) is 17.4. The zero-order valence-electron chi connectivity index (χ0n) is 27.1. The van der Waals surface area contributed by atoms with Gasteiger partial charge in [0, 0.05) is 22.3 Å². The summed E-state index contributed by atoms with van der Waals surface area (Å²) in [5, 5.41) is 26.0. The summed E-state index contributed by atoms with van der Waals surface area (Å²) in [6.07, 6.45) is 0. The minimum Gasteiger partial charge on any atom is -0.376 e. The Balaban J connectivity index is 1.56. The minimum atomic E-state index is -1.33. The van der Waals surface area contributed by atoms with Crippen molar-refractivity contribution >= 4 is 0 Å². The van der Waals surface area contributed by atoms with Crippen LogP contribution in [0.15, 0.2) is 97.1 Å². The number of hydrogen-bond donors (Lipinski definition) is 2. The first kappa shape index (κ1) is 28.8. The second-order valence-electron chi connectivity index (χ2n) is 15.1. The van der Waals surface area contributed by atoms with Gasteiger partial charge in [0.25, 0.3) is 0 Å². The summed E-state index contributed by atoms with van der Waals surface area (Å²) >= 11 is 0. The Labute approximate surface area is 262 Å². The molecule has 5 aromatic carbocycles. The normalized spacial score (nSPS) is 20.2. The van der Waals surface area contributed by atoms with E-state index in [0.717, 1.165) is 66.8 Å². The Morgan fingerprint density at radius 3 is 1.05 bits per heavy atom. The van der Waals surface area contributed by atoms with Gasteiger partial charge in [-0.05, 0) is 81.3 Å². The Hall–Kier alpha value is -3.98. The van der Waals surface area contributed by atoms with Crippen molar-refractivity contribution in [3.63, 3.8) is 0 Å². The first-order valence-electron chi connectivity index (χ1n) is 15.7. The van der Waals surface area contributed by atoms with Crippen LogP contribution >= 0.6 is 0 Å². The van der Waals surface area contributed by atoms with Gasteiger partial charge >= 0.3 is 0 Å². The summed E-state index contributed by atoms with van der Waals surface area (Å²) in [5.41, 5.74) is 11.0. The predicted molar refractivity (Wildman–Crippen MR) is 181 cm³/mol. The average molecular weight is 579 g/mol. The Morgan fingerprint density at radius 1 is 0.409 bits per heavy atom. The monoisotopic (exact) mass is 578 g/mol. The standard InChI is InChI=1S/C42H42O2/c1-25-9-13-27(14-10-25)41(43)35-21-29(39(3,4)5)17-19-31(35)33-24-38-34(23-37(33)41)32-20-18-30(40(6,7)8)22-36(32)42(38,44)28-15-11-26(2)12-16-28/h9-24,43-44H,1-8H3. The molecular weight excluding hydrogens is 536 g/mol. The molecule has 0 aromatic heterocycles. The molecule has 0 aliphatic heterocycles. The van der Waals surface area contributed by atoms with E-state index >= 15 is 0 Å². The molecule has 2 nitrogen and oxygen atoms in total. The molecule has 2 N–H and O–H groups in total. The van der Waals surface area contributed by atoms with E-state index < -0.39 is 11.2 Å². The minimum absolute atomic E-state index is 0.0743. The van der Waals surface area contributed by atoms with Crippen LogP contribution in [0.5, 0.6) is 0 Å². The SMILES string of the molecule is Cc1ccc(C2(O)c3cc(C(C)(C)C)ccc3-c3cc4c(cc32)-c2ccc(C(C)(C)C)cc2C4(O)c2ccc(C)cc2)cc1. The highest BCUT2D eigenvalue weighted by Crippen LogP contribution is 2.58. The van der Waals surface area contributed by atoms with Crippen LogP contribution in [-0.4, -0.2) is 10.2 Å². The van der Waals surface area contributed by atoms with Crippen LogP contribution in [0, 0.1) is 13.8 Å². The molecule has 222 valence electrons. The lowest BCUT2D eigenvalue weighted by Crippen LogP contribution is -2.28. The van der Waals surface area contributed by atoms with Crippen molar-refractivity contribution in [2.45, 2.75) is 77.4 Å². The number of rotatable bonds is 2. The van der Waals surface area contributed by atoms with E-state index in [0.29, 0.717) is 0 Å². The van der Waals surface area contributed by atoms with Gasteiger partial charge in [-0.2, -0.15) is 0 Å². The molecule has 0 saturated heterocycles. The third-order valence-corrected chi connectivity index (χ3v) is 10.0. The third-order valence-electron chi connectivity index (χ3n) is 10.0. The van der Waals surface area contributed by atoms with Gasteiger partial charge < -0.3 is 10.2 Å². The van der Waals surface area contributed by atoms with E-state index in [1.54, 1.807) is 0 Å². The van der Waals surface area contributed by atoms with Crippen LogP contribution < -0.4 is 0 Å². The van der Waals surface area contributed by atoms with E-state index in [9.17, 15) is 10.2 Å². The summed E-state index contributed by atoms with van der Waals surface area (Å²) in [6, 6.07) is 33.9. The van der Waals surface area contributed by atoms with E-state index in [1.165, 1.54) is 11.1 Å². The lowest BCUT2D eigenvalue weighted by molar-refractivity contribution is 0.128. The molecule has 2 aliphatic carbocycles. The van der Waals surface area contributed by atoms with Crippen molar-refractivity contribution in [3.05, 3.63) is 153 Å². The molecule has 44 heavy (non-hydrogen) atoms. The van der Waals surface area contributed by atoms with Crippen molar-refractivity contribution in [3.8, 4) is 22.3 Å². The number of fused-ring (bicyclic) bond motifs is 6. The molecule has 7 rings (SSSR count). The Bertz CT molecular complexity index is 1800. The molecule has 2 heteroatoms. The third kappa shape index (κ3) is 4.01. The fraction of sp³-hybridized carbons (Fsp3) is 0.286. The molecule has 5 aromatic rings. The van der Waals surface area contributed by atoms with Crippen LogP contribution in [0.1, 0.15) is 97.2 Å². The molecule has 0 saturated carbocycles. The van der Waals surface area contributed by atoms with Gasteiger partial charge in [-0.3, -0.25) is 0 Å². The predicted octanol–water partition coefficient (Wildman–Crippen LogP) is 9.43. The van der Waals surface area contributed by atoms with Crippen molar-refractivity contribution < 1.29 is 10.2 Å². The summed E-state index contributed by atoms with van der Waals surface area (Å²) in [7, 11) is 0. The van der Waals surface area contributed by atoms with E-state index in [2.05, 4.69) is 152 Å². The average Bonchev–Trinajstić information content (AvgIpc) is 3.38. The summed E-state index contributed by atoms with van der Waals surface area (Å²) < 4.78 is 0. The number of benzene rings is 5. The first-order valence-corrected chi connectivity index (χ1v) is 15.7. The Morgan fingerprint density at radius 2 is 0.727 bits per heavy atom. The zero-order valence-corrected chi connectivity index (χ0v) is 27.1. The van der Waals surface area contributed by atoms with Crippen molar-refractivity contribution in [2.75, 3.05) is 0 Å². The first-order chi connectivity index (χ1) is 20.6. The smallest absolute Gasteiger partial charge is 0.141 e. The van der Waals surface area contributed by atoms with E-state index in [4.69, 9.17) is 0 Å². The fourth-order valence-electron chi connectivity index (χ4n) is 7.24. The largest absolute Gasteiger partial charge is 0.376 e. The highest BCUT2D eigenvalue weighted by molar-refractivity contribution is 5.91. The molecule has 0 fully saturated rings. The van der Waals surface area contributed by atoms with Gasteiger partial charge in [0.05, 0.1) is 0 Å². The molecule has 0 amide bonds. The maximum Gasteiger partial charge on any atom is 0.141 e. The van der Waals surface area contributed by atoms with Crippen LogP contribution in [0.4, 0.5) is 0 Å². The molecule has 2 atom stereocenters. The number of aryl methyl sites for hydroxylation is 2. The van der Waals surface area contributed by atoms with Gasteiger partial charge in [0.2, 0.25) is 0 Å². The van der Waals surface area contributed by atoms with Gasteiger partial charge in [-0.1, -0.05) is 138 Å². The highest BCUT2D eigenvalue weighted by Gasteiger charge is 2.49. The van der Waals surface area contributed by atoms with E-state index in [-0.39, 0.29) is 10.8 Å². The lowest BCUT2D eigenvalue weighted by Gasteiger charge is -2.30. The van der Waals surface area contributed by atoms with Crippen LogP contribution in [0.3, 0.4) is 0 Å². The quantitative estimate of drug-likeness (QED) is 0.219. The number of aliphatic hydroxyl groups is 2. The van der Waals surface area contributed by atoms with Crippen LogP contribution in [-0.2, 0) is 22.0 Å². The second-order valence-corrected chi connectivity index (χ2v) is 15.1. The van der Waals surface area contributed by atoms with Crippen LogP contribution in [0.2, 0.25) is 0 Å². The Kier molecular flexibility index (Phi) is 6.06. The maximum atomic E-state index is 13.0. The van der Waals surface area contributed by atoms with Gasteiger partial charge in [0.15, 0.2) is 0 Å². The molecule has 2 unspecified atom stereocenters. The molecule has 0 spiro atoms. The molecule has 0 bridgehead atoms. The highest BCUT2D eigenvalue weighted by atomic mass is 16.3. The van der Waals surface area contributed by atoms with Gasteiger partial charge in [-0.25, -0.2) is 0 Å². The fourth-order valence-corrected chi connectivity index (χ4v) is 7.24. The molecular formula is C42H42O2. The van der Waals surface area contributed by atoms with Gasteiger partial charge in [-0.15, -0.1) is 0 Å². The van der Waals surface area contributed by atoms with Crippen molar-refractivity contribution in [1.29, 1.82) is 0 Å². The van der Waals surface area contributed by atoms with Crippen molar-refractivity contribution in [1.82, 2.24) is 0 Å². The molecule has 0 heterocycles. The van der Waals surface area contributed by atoms with E-state index in [1.807, 2.05) is 0 Å². The van der Waals surface area contributed by atoms with Crippen molar-refractivity contribution in [2.24, 2.45) is 0 Å². The van der Waals surface area contributed by atoms with Gasteiger partial charge in [0.1, 0.15) is 11.2 Å². The maximum absolute atomic E-state index is 13.0. The lowest BCUT2D eigenvalue weighted by atomic mass is 9.79. The topological polar surface area (TPSA) is 40.5 Å². The summed E-state index contributed by atoms with van der Waals surface area (Å²) in [5.74, 6) is 0. The molecule has 0 radical (unpaired) electrons. The molecule has 2 aliphatic rings.